The van der Waals surface area contributed by atoms with Crippen molar-refractivity contribution in [1.29, 1.82) is 0 Å². The first kappa shape index (κ1) is 12.5. The Morgan fingerprint density at radius 2 is 2.25 bits per heavy atom. The maximum absolute atomic E-state index is 12.6. The van der Waals surface area contributed by atoms with Crippen LogP contribution in [-0.4, -0.2) is 39.2 Å². The number of nitrogens with two attached hydrogens (primary N) is 1. The Morgan fingerprint density at radius 3 is 3.05 bits per heavy atom. The second kappa shape index (κ2) is 4.84. The quantitative estimate of drug-likeness (QED) is 0.806. The summed E-state index contributed by atoms with van der Waals surface area (Å²) in [5.41, 5.74) is 6.79. The summed E-state index contributed by atoms with van der Waals surface area (Å²) in [5, 5.41) is 7.85. The van der Waals surface area contributed by atoms with Gasteiger partial charge in [0, 0.05) is 18.8 Å². The third-order valence-corrected chi connectivity index (χ3v) is 3.42. The Balaban J connectivity index is 1.87. The van der Waals surface area contributed by atoms with Gasteiger partial charge in [-0.05, 0) is 18.2 Å². The van der Waals surface area contributed by atoms with Crippen LogP contribution in [-0.2, 0) is 13.1 Å². The van der Waals surface area contributed by atoms with E-state index in [1.807, 2.05) is 4.57 Å². The SMILES string of the molecule is COc1ccc(N)c(C(=O)N2CCn3cnnc3C2)c1. The second-order valence-electron chi connectivity index (χ2n) is 4.62. The van der Waals surface area contributed by atoms with Crippen LogP contribution in [0.2, 0.25) is 0 Å². The number of aromatic nitrogens is 3. The van der Waals surface area contributed by atoms with E-state index in [-0.39, 0.29) is 5.91 Å². The van der Waals surface area contributed by atoms with Crippen LogP contribution in [0.5, 0.6) is 5.75 Å². The molecule has 1 amide bonds. The number of amides is 1. The highest BCUT2D eigenvalue weighted by atomic mass is 16.5. The van der Waals surface area contributed by atoms with E-state index in [0.717, 1.165) is 5.82 Å². The van der Waals surface area contributed by atoms with E-state index in [1.165, 1.54) is 0 Å². The van der Waals surface area contributed by atoms with Gasteiger partial charge in [0.05, 0.1) is 19.2 Å². The fourth-order valence-corrected chi connectivity index (χ4v) is 2.26. The lowest BCUT2D eigenvalue weighted by Crippen LogP contribution is -2.38. The van der Waals surface area contributed by atoms with Gasteiger partial charge in [0.2, 0.25) is 0 Å². The number of fused-ring (bicyclic) bond motifs is 1. The molecule has 104 valence electrons. The van der Waals surface area contributed by atoms with E-state index >= 15 is 0 Å². The second-order valence-corrected chi connectivity index (χ2v) is 4.62. The predicted octanol–water partition coefficient (Wildman–Crippen LogP) is 0.525. The number of rotatable bonds is 2. The van der Waals surface area contributed by atoms with Crippen molar-refractivity contribution in [3.05, 3.63) is 35.9 Å². The molecule has 3 rings (SSSR count). The average Bonchev–Trinajstić information content (AvgIpc) is 2.94. The first-order chi connectivity index (χ1) is 9.69. The summed E-state index contributed by atoms with van der Waals surface area (Å²) < 4.78 is 7.08. The molecule has 0 unspecified atom stereocenters. The maximum Gasteiger partial charge on any atom is 0.256 e. The summed E-state index contributed by atoms with van der Waals surface area (Å²) in [6, 6.07) is 5.08. The van der Waals surface area contributed by atoms with Gasteiger partial charge in [-0.25, -0.2) is 0 Å². The van der Waals surface area contributed by atoms with Crippen LogP contribution in [0.4, 0.5) is 5.69 Å². The van der Waals surface area contributed by atoms with Gasteiger partial charge >= 0.3 is 0 Å². The van der Waals surface area contributed by atoms with E-state index in [0.29, 0.717) is 36.6 Å². The standard InChI is InChI=1S/C13H15N5O2/c1-20-9-2-3-11(14)10(6-9)13(19)17-4-5-18-8-15-16-12(18)7-17/h2-3,6,8H,4-5,7,14H2,1H3. The zero-order valence-corrected chi connectivity index (χ0v) is 11.1. The van der Waals surface area contributed by atoms with E-state index in [4.69, 9.17) is 10.5 Å². The molecule has 0 radical (unpaired) electrons. The van der Waals surface area contributed by atoms with Crippen molar-refractivity contribution in [3.8, 4) is 5.75 Å². The van der Waals surface area contributed by atoms with Crippen LogP contribution in [0.1, 0.15) is 16.2 Å². The molecule has 2 heterocycles. The number of ether oxygens (including phenoxy) is 1. The minimum Gasteiger partial charge on any atom is -0.497 e. The van der Waals surface area contributed by atoms with Crippen LogP contribution in [0.15, 0.2) is 24.5 Å². The topological polar surface area (TPSA) is 86.3 Å². The monoisotopic (exact) mass is 273 g/mol. The molecule has 1 aromatic carbocycles. The Kier molecular flexibility index (Phi) is 3.02. The highest BCUT2D eigenvalue weighted by Crippen LogP contribution is 2.22. The lowest BCUT2D eigenvalue weighted by atomic mass is 10.1. The first-order valence-corrected chi connectivity index (χ1v) is 6.28. The summed E-state index contributed by atoms with van der Waals surface area (Å²) in [7, 11) is 1.56. The van der Waals surface area contributed by atoms with Crippen LogP contribution in [0.25, 0.3) is 0 Å². The Hall–Kier alpha value is -2.57. The molecule has 0 atom stereocenters. The Labute approximate surface area is 116 Å². The van der Waals surface area contributed by atoms with E-state index in [2.05, 4.69) is 10.2 Å². The van der Waals surface area contributed by atoms with E-state index < -0.39 is 0 Å². The molecule has 2 aromatic rings. The summed E-state index contributed by atoms with van der Waals surface area (Å²) in [4.78, 5) is 14.3. The molecule has 0 saturated heterocycles. The van der Waals surface area contributed by atoms with Crippen molar-refractivity contribution in [2.75, 3.05) is 19.4 Å². The highest BCUT2D eigenvalue weighted by molar-refractivity contribution is 5.99. The Morgan fingerprint density at radius 1 is 1.40 bits per heavy atom. The third-order valence-electron chi connectivity index (χ3n) is 3.42. The molecule has 0 fully saturated rings. The molecule has 7 heteroatoms. The summed E-state index contributed by atoms with van der Waals surface area (Å²) in [5.74, 6) is 1.28. The predicted molar refractivity (Wildman–Crippen MR) is 72.2 cm³/mol. The lowest BCUT2D eigenvalue weighted by Gasteiger charge is -2.27. The fraction of sp³-hybridized carbons (Fsp3) is 0.308. The van der Waals surface area contributed by atoms with Crippen molar-refractivity contribution in [2.24, 2.45) is 0 Å². The maximum atomic E-state index is 12.6. The molecule has 7 nitrogen and oxygen atoms in total. The summed E-state index contributed by atoms with van der Waals surface area (Å²) in [6.07, 6.45) is 1.68. The molecular weight excluding hydrogens is 258 g/mol. The lowest BCUT2D eigenvalue weighted by molar-refractivity contribution is 0.0708. The van der Waals surface area contributed by atoms with Crippen LogP contribution in [0.3, 0.4) is 0 Å². The smallest absolute Gasteiger partial charge is 0.256 e. The number of anilines is 1. The average molecular weight is 273 g/mol. The number of nitrogen functional groups attached to an aromatic ring is 1. The molecule has 1 aliphatic heterocycles. The largest absolute Gasteiger partial charge is 0.497 e. The van der Waals surface area contributed by atoms with Crippen LogP contribution in [0, 0.1) is 0 Å². The fourth-order valence-electron chi connectivity index (χ4n) is 2.26. The van der Waals surface area contributed by atoms with Gasteiger partial charge in [0.1, 0.15) is 12.1 Å². The van der Waals surface area contributed by atoms with Crippen molar-refractivity contribution >= 4 is 11.6 Å². The van der Waals surface area contributed by atoms with Crippen molar-refractivity contribution in [2.45, 2.75) is 13.1 Å². The molecular formula is C13H15N5O2. The summed E-state index contributed by atoms with van der Waals surface area (Å²) in [6.45, 7) is 1.74. The van der Waals surface area contributed by atoms with Crippen LogP contribution < -0.4 is 10.5 Å². The number of hydrogen-bond donors (Lipinski definition) is 1. The molecule has 20 heavy (non-hydrogen) atoms. The first-order valence-electron chi connectivity index (χ1n) is 6.28. The minimum atomic E-state index is -0.115. The number of methoxy groups -OCH3 is 1. The van der Waals surface area contributed by atoms with Gasteiger partial charge < -0.3 is 19.9 Å². The number of nitrogens with zero attached hydrogens (tertiary/aromatic N) is 4. The zero-order chi connectivity index (χ0) is 14.1. The van der Waals surface area contributed by atoms with Gasteiger partial charge in [-0.15, -0.1) is 10.2 Å². The van der Waals surface area contributed by atoms with Gasteiger partial charge in [0.25, 0.3) is 5.91 Å². The van der Waals surface area contributed by atoms with Gasteiger partial charge in [-0.2, -0.15) is 0 Å². The molecule has 2 N–H and O–H groups in total. The highest BCUT2D eigenvalue weighted by Gasteiger charge is 2.24. The van der Waals surface area contributed by atoms with E-state index in [9.17, 15) is 4.79 Å². The van der Waals surface area contributed by atoms with Gasteiger partial charge in [-0.3, -0.25) is 4.79 Å². The molecule has 0 spiro atoms. The minimum absolute atomic E-state index is 0.115. The molecule has 0 saturated carbocycles. The van der Waals surface area contributed by atoms with E-state index in [1.54, 1.807) is 36.5 Å². The number of carbonyl (C=O) groups excluding carboxylic acids is 1. The normalized spacial score (nSPS) is 13.9. The number of carbonyl (C=O) groups is 1. The molecule has 1 aromatic heterocycles. The van der Waals surface area contributed by atoms with Crippen LogP contribution >= 0.6 is 0 Å². The van der Waals surface area contributed by atoms with Gasteiger partial charge in [0.15, 0.2) is 5.82 Å². The summed E-state index contributed by atoms with van der Waals surface area (Å²) >= 11 is 0. The molecule has 0 aliphatic carbocycles. The number of hydrogen-bond acceptors (Lipinski definition) is 5. The van der Waals surface area contributed by atoms with Crippen molar-refractivity contribution < 1.29 is 9.53 Å². The zero-order valence-electron chi connectivity index (χ0n) is 11.1. The molecule has 0 bridgehead atoms. The van der Waals surface area contributed by atoms with Crippen molar-refractivity contribution in [1.82, 2.24) is 19.7 Å². The number of benzene rings is 1. The molecule has 1 aliphatic rings. The Bertz CT molecular complexity index is 652. The third kappa shape index (κ3) is 2.07. The van der Waals surface area contributed by atoms with Gasteiger partial charge in [-0.1, -0.05) is 0 Å². The van der Waals surface area contributed by atoms with Crippen molar-refractivity contribution in [3.63, 3.8) is 0 Å².